The first kappa shape index (κ1) is 20.7. The van der Waals surface area contributed by atoms with E-state index in [4.69, 9.17) is 4.74 Å². The Morgan fingerprint density at radius 2 is 1.94 bits per heavy atom. The molecule has 1 aliphatic heterocycles. The first-order valence-corrected chi connectivity index (χ1v) is 9.38. The number of aliphatic hydroxyl groups excluding tert-OH is 1. The summed E-state index contributed by atoms with van der Waals surface area (Å²) < 4.78 is 40.0. The molecule has 31 heavy (non-hydrogen) atoms. The van der Waals surface area contributed by atoms with Crippen LogP contribution in [0.15, 0.2) is 41.2 Å². The molecule has 2 heterocycles. The quantitative estimate of drug-likeness (QED) is 0.682. The molecule has 4 rings (SSSR count). The Balaban J connectivity index is 1.89. The number of alkyl halides is 2. The van der Waals surface area contributed by atoms with Crippen LogP contribution >= 0.6 is 0 Å². The van der Waals surface area contributed by atoms with E-state index in [2.05, 4.69) is 9.72 Å². The maximum atomic E-state index is 14.4. The van der Waals surface area contributed by atoms with Crippen LogP contribution in [-0.2, 0) is 18.4 Å². The van der Waals surface area contributed by atoms with Gasteiger partial charge in [0.25, 0.3) is 5.56 Å². The number of nitrogens with zero attached hydrogens (tertiary/aromatic N) is 3. The number of carbonyl (C=O) groups excluding carboxylic acids is 1. The van der Waals surface area contributed by atoms with Gasteiger partial charge in [0.1, 0.15) is 17.1 Å². The van der Waals surface area contributed by atoms with Crippen molar-refractivity contribution in [3.8, 4) is 11.5 Å². The summed E-state index contributed by atoms with van der Waals surface area (Å²) in [5, 5.41) is 10.2. The summed E-state index contributed by atoms with van der Waals surface area (Å²) >= 11 is 0. The molecule has 8 nitrogen and oxygen atoms in total. The molecule has 2 aromatic carbocycles. The van der Waals surface area contributed by atoms with Gasteiger partial charge in [0.05, 0.1) is 30.8 Å². The third-order valence-electron chi connectivity index (χ3n) is 5.17. The number of aromatic nitrogens is 2. The molecule has 10 heteroatoms. The molecule has 1 atom stereocenters. The predicted molar refractivity (Wildman–Crippen MR) is 107 cm³/mol. The molecule has 0 aliphatic carbocycles. The Labute approximate surface area is 175 Å². The van der Waals surface area contributed by atoms with Gasteiger partial charge in [0.15, 0.2) is 5.75 Å². The molecular weight excluding hydrogens is 412 g/mol. The fourth-order valence-corrected chi connectivity index (χ4v) is 3.55. The van der Waals surface area contributed by atoms with Gasteiger partial charge in [-0.1, -0.05) is 18.2 Å². The maximum Gasteiger partial charge on any atom is 0.483 e. The molecule has 0 spiro atoms. The van der Waals surface area contributed by atoms with Crippen molar-refractivity contribution >= 4 is 22.5 Å². The van der Waals surface area contributed by atoms with Gasteiger partial charge < -0.3 is 14.6 Å². The Hall–Kier alpha value is -3.53. The number of halogens is 2. The standard InChI is InChI=1S/C21H19F2N3O5/c1-11(27)12-6-4-8-14-18(12)31-21(22,23)20(29)26(14)10-16-24-17-13(19(28)25(16)2)7-5-9-15(17)30-3/h4-9,11,27H,10H2,1-3H3/t11-/m0/s1. The van der Waals surface area contributed by atoms with Crippen LogP contribution in [0.2, 0.25) is 0 Å². The van der Waals surface area contributed by atoms with E-state index in [0.29, 0.717) is 11.1 Å². The highest BCUT2D eigenvalue weighted by Gasteiger charge is 2.51. The van der Waals surface area contributed by atoms with E-state index in [1.165, 1.54) is 43.8 Å². The van der Waals surface area contributed by atoms with Crippen LogP contribution in [0.1, 0.15) is 24.4 Å². The number of carbonyl (C=O) groups is 1. The van der Waals surface area contributed by atoms with E-state index < -0.39 is 30.2 Å². The molecule has 1 aliphatic rings. The first-order valence-electron chi connectivity index (χ1n) is 9.38. The zero-order valence-corrected chi connectivity index (χ0v) is 16.9. The molecule has 162 valence electrons. The Morgan fingerprint density at radius 3 is 2.61 bits per heavy atom. The van der Waals surface area contributed by atoms with E-state index >= 15 is 0 Å². The van der Waals surface area contributed by atoms with Gasteiger partial charge in [-0.25, -0.2) is 4.98 Å². The van der Waals surface area contributed by atoms with E-state index in [0.717, 1.165) is 4.90 Å². The topological polar surface area (TPSA) is 93.9 Å². The van der Waals surface area contributed by atoms with Crippen molar-refractivity contribution in [2.24, 2.45) is 7.05 Å². The summed E-state index contributed by atoms with van der Waals surface area (Å²) in [6, 6.07) is 9.22. The molecule has 0 saturated heterocycles. The van der Waals surface area contributed by atoms with Crippen molar-refractivity contribution in [3.63, 3.8) is 0 Å². The van der Waals surface area contributed by atoms with Gasteiger partial charge >= 0.3 is 12.0 Å². The molecule has 1 N–H and O–H groups in total. The number of amides is 1. The van der Waals surface area contributed by atoms with Crippen LogP contribution in [-0.4, -0.2) is 33.8 Å². The van der Waals surface area contributed by atoms with Gasteiger partial charge in [-0.3, -0.25) is 19.1 Å². The predicted octanol–water partition coefficient (Wildman–Crippen LogP) is 2.51. The van der Waals surface area contributed by atoms with E-state index in [-0.39, 0.29) is 28.3 Å². The number of fused-ring (bicyclic) bond motifs is 2. The molecule has 3 aromatic rings. The molecular formula is C21H19F2N3O5. The molecule has 0 fully saturated rings. The highest BCUT2D eigenvalue weighted by atomic mass is 19.3. The van der Waals surface area contributed by atoms with E-state index in [9.17, 15) is 23.5 Å². The Morgan fingerprint density at radius 1 is 1.23 bits per heavy atom. The van der Waals surface area contributed by atoms with E-state index in [1.807, 2.05) is 0 Å². The summed E-state index contributed by atoms with van der Waals surface area (Å²) in [5.74, 6) is -1.49. The lowest BCUT2D eigenvalue weighted by Crippen LogP contribution is -2.51. The second-order valence-electron chi connectivity index (χ2n) is 7.13. The lowest BCUT2D eigenvalue weighted by Gasteiger charge is -2.34. The number of aliphatic hydroxyl groups is 1. The van der Waals surface area contributed by atoms with Gasteiger partial charge in [-0.2, -0.15) is 8.78 Å². The summed E-state index contributed by atoms with van der Waals surface area (Å²) in [4.78, 5) is 30.6. The lowest BCUT2D eigenvalue weighted by molar-refractivity contribution is -0.193. The summed E-state index contributed by atoms with van der Waals surface area (Å²) in [6.45, 7) is 0.979. The van der Waals surface area contributed by atoms with Crippen LogP contribution < -0.4 is 19.9 Å². The number of rotatable bonds is 4. The largest absolute Gasteiger partial charge is 0.494 e. The second-order valence-corrected chi connectivity index (χ2v) is 7.13. The van der Waals surface area contributed by atoms with Crippen molar-refractivity contribution in [2.45, 2.75) is 25.7 Å². The zero-order chi connectivity index (χ0) is 22.5. The van der Waals surface area contributed by atoms with Crippen LogP contribution in [0.3, 0.4) is 0 Å². The van der Waals surface area contributed by atoms with Gasteiger partial charge in [-0.05, 0) is 25.1 Å². The van der Waals surface area contributed by atoms with Gasteiger partial charge in [-0.15, -0.1) is 0 Å². The number of methoxy groups -OCH3 is 1. The third kappa shape index (κ3) is 3.28. The van der Waals surface area contributed by atoms with E-state index in [1.54, 1.807) is 18.2 Å². The number of benzene rings is 2. The van der Waals surface area contributed by atoms with Crippen LogP contribution in [0.25, 0.3) is 10.9 Å². The lowest BCUT2D eigenvalue weighted by atomic mass is 10.1. The first-order chi connectivity index (χ1) is 14.7. The summed E-state index contributed by atoms with van der Waals surface area (Å²) in [7, 11) is 2.87. The summed E-state index contributed by atoms with van der Waals surface area (Å²) in [6.07, 6.45) is -5.25. The molecule has 1 aromatic heterocycles. The van der Waals surface area contributed by atoms with Gasteiger partial charge in [0.2, 0.25) is 0 Å². The van der Waals surface area contributed by atoms with Crippen molar-refractivity contribution in [1.29, 1.82) is 0 Å². The normalized spacial score (nSPS) is 16.1. The molecule has 0 radical (unpaired) electrons. The number of ether oxygens (including phenoxy) is 2. The van der Waals surface area contributed by atoms with Crippen molar-refractivity contribution in [3.05, 3.63) is 58.1 Å². The highest BCUT2D eigenvalue weighted by Crippen LogP contribution is 2.44. The minimum Gasteiger partial charge on any atom is -0.494 e. The number of hydrogen-bond donors (Lipinski definition) is 1. The minimum atomic E-state index is -4.15. The van der Waals surface area contributed by atoms with Crippen molar-refractivity contribution < 1.29 is 28.2 Å². The maximum absolute atomic E-state index is 14.4. The molecule has 0 bridgehead atoms. The second kappa shape index (κ2) is 7.31. The average Bonchev–Trinajstić information content (AvgIpc) is 2.73. The Kier molecular flexibility index (Phi) is 4.89. The highest BCUT2D eigenvalue weighted by molar-refractivity contribution is 6.01. The zero-order valence-electron chi connectivity index (χ0n) is 16.9. The number of hydrogen-bond acceptors (Lipinski definition) is 6. The van der Waals surface area contributed by atoms with Gasteiger partial charge in [0, 0.05) is 12.6 Å². The fourth-order valence-electron chi connectivity index (χ4n) is 3.55. The van der Waals surface area contributed by atoms with Crippen molar-refractivity contribution in [2.75, 3.05) is 12.0 Å². The molecule has 0 saturated carbocycles. The number of anilines is 1. The minimum absolute atomic E-state index is 0.0451. The fraction of sp³-hybridized carbons (Fsp3) is 0.286. The smallest absolute Gasteiger partial charge is 0.483 e. The molecule has 0 unspecified atom stereocenters. The number of para-hydroxylation sites is 2. The van der Waals surface area contributed by atoms with Crippen LogP contribution in [0.4, 0.5) is 14.5 Å². The monoisotopic (exact) mass is 431 g/mol. The SMILES string of the molecule is COc1cccc2c(=O)n(C)c(CN3C(=O)C(F)(F)Oc4c([C@H](C)O)cccc43)nc12. The van der Waals surface area contributed by atoms with Crippen molar-refractivity contribution in [1.82, 2.24) is 9.55 Å². The molecule has 1 amide bonds. The summed E-state index contributed by atoms with van der Waals surface area (Å²) in [5.41, 5.74) is -0.00162. The average molecular weight is 431 g/mol. The Bertz CT molecular complexity index is 1260. The van der Waals surface area contributed by atoms with Crippen LogP contribution in [0.5, 0.6) is 11.5 Å². The van der Waals surface area contributed by atoms with Crippen LogP contribution in [0, 0.1) is 0 Å². The third-order valence-corrected chi connectivity index (χ3v) is 5.17.